The second-order valence-electron chi connectivity index (χ2n) is 8.36. The Balaban J connectivity index is 2.12. The van der Waals surface area contributed by atoms with Gasteiger partial charge in [-0.3, -0.25) is 0 Å². The molecule has 0 radical (unpaired) electrons. The average molecular weight is 526 g/mol. The lowest BCUT2D eigenvalue weighted by atomic mass is 9.85. The van der Waals surface area contributed by atoms with Gasteiger partial charge in [-0.2, -0.15) is 13.2 Å². The Morgan fingerprint density at radius 1 is 1.20 bits per heavy atom. The maximum atomic E-state index is 13.7. The molecule has 194 valence electrons. The van der Waals surface area contributed by atoms with Gasteiger partial charge in [-0.15, -0.1) is 10.1 Å². The van der Waals surface area contributed by atoms with Gasteiger partial charge >= 0.3 is 18.3 Å². The molecule has 10 nitrogen and oxygen atoms in total. The fourth-order valence-electron chi connectivity index (χ4n) is 2.97. The first-order chi connectivity index (χ1) is 16.1. The number of nitrogens with zero attached hydrogens (tertiary/aromatic N) is 1. The third-order valence-corrected chi connectivity index (χ3v) is 4.83. The zero-order valence-corrected chi connectivity index (χ0v) is 19.9. The van der Waals surface area contributed by atoms with Gasteiger partial charge in [0.1, 0.15) is 5.75 Å². The Labute approximate surface area is 203 Å². The Hall–Kier alpha value is -3.22. The summed E-state index contributed by atoms with van der Waals surface area (Å²) in [4.78, 5) is 38.1. The summed E-state index contributed by atoms with van der Waals surface area (Å²) in [5.74, 6) is -1.54. The highest BCUT2D eigenvalue weighted by Gasteiger charge is 2.49. The number of carbonyl (C=O) groups excluding carboxylic acids is 2. The van der Waals surface area contributed by atoms with Crippen LogP contribution in [0.15, 0.2) is 17.7 Å². The number of carbonyl (C=O) groups is 2. The molecule has 0 aromatic heterocycles. The van der Waals surface area contributed by atoms with Gasteiger partial charge in [0.25, 0.3) is 5.09 Å². The first-order valence-corrected chi connectivity index (χ1v) is 10.6. The summed E-state index contributed by atoms with van der Waals surface area (Å²) < 4.78 is 60.3. The van der Waals surface area contributed by atoms with Crippen molar-refractivity contribution in [1.82, 2.24) is 0 Å². The van der Waals surface area contributed by atoms with Crippen molar-refractivity contribution in [1.29, 1.82) is 0 Å². The van der Waals surface area contributed by atoms with Crippen molar-refractivity contribution in [2.24, 2.45) is 0 Å². The van der Waals surface area contributed by atoms with Crippen molar-refractivity contribution in [3.63, 3.8) is 0 Å². The van der Waals surface area contributed by atoms with E-state index in [1.54, 1.807) is 0 Å². The molecule has 0 aliphatic carbocycles. The number of hydrogen-bond donors (Lipinski definition) is 0. The van der Waals surface area contributed by atoms with Crippen molar-refractivity contribution >= 4 is 29.8 Å². The number of hydrogen-bond acceptors (Lipinski definition) is 9. The van der Waals surface area contributed by atoms with Gasteiger partial charge in [0.2, 0.25) is 12.4 Å². The van der Waals surface area contributed by atoms with E-state index in [4.69, 9.17) is 21.1 Å². The van der Waals surface area contributed by atoms with Crippen molar-refractivity contribution in [2.75, 3.05) is 13.2 Å². The summed E-state index contributed by atoms with van der Waals surface area (Å²) in [7, 11) is 0. The predicted octanol–water partition coefficient (Wildman–Crippen LogP) is 4.99. The number of esters is 1. The third-order valence-electron chi connectivity index (χ3n) is 4.52. The third kappa shape index (κ3) is 7.91. The van der Waals surface area contributed by atoms with Crippen LogP contribution in [-0.2, 0) is 29.3 Å². The van der Waals surface area contributed by atoms with Crippen LogP contribution in [0.3, 0.4) is 0 Å². The zero-order valence-electron chi connectivity index (χ0n) is 19.1. The summed E-state index contributed by atoms with van der Waals surface area (Å²) in [5, 5.41) is 9.27. The molecule has 1 aliphatic heterocycles. The topological polar surface area (TPSA) is 123 Å². The molecule has 0 spiro atoms. The van der Waals surface area contributed by atoms with Crippen LogP contribution in [0.1, 0.15) is 45.2 Å². The minimum atomic E-state index is -4.96. The van der Waals surface area contributed by atoms with Crippen LogP contribution in [0, 0.1) is 10.1 Å². The molecule has 0 fully saturated rings. The Kier molecular flexibility index (Phi) is 8.82. The minimum Gasteiger partial charge on any atom is -0.475 e. The van der Waals surface area contributed by atoms with Gasteiger partial charge in [0.15, 0.2) is 0 Å². The molecule has 0 amide bonds. The first kappa shape index (κ1) is 28.0. The van der Waals surface area contributed by atoms with E-state index in [0.29, 0.717) is 5.56 Å². The van der Waals surface area contributed by atoms with Gasteiger partial charge in [0.05, 0.1) is 18.8 Å². The molecular formula is C21H23ClF3NO9. The van der Waals surface area contributed by atoms with Gasteiger partial charge in [-0.25, -0.2) is 9.59 Å². The fraction of sp³-hybridized carbons (Fsp3) is 0.524. The number of halogens is 4. The average Bonchev–Trinajstić information content (AvgIpc) is 2.70. The number of alkyl halides is 3. The maximum Gasteiger partial charge on any atom is 0.511 e. The Bertz CT molecular complexity index is 1000. The number of fused-ring (bicyclic) bond motifs is 1. The molecule has 1 unspecified atom stereocenters. The lowest BCUT2D eigenvalue weighted by molar-refractivity contribution is -0.757. The monoisotopic (exact) mass is 525 g/mol. The highest BCUT2D eigenvalue weighted by Crippen LogP contribution is 2.42. The molecule has 1 aromatic carbocycles. The van der Waals surface area contributed by atoms with Crippen LogP contribution in [0.5, 0.6) is 5.75 Å². The van der Waals surface area contributed by atoms with Crippen molar-refractivity contribution in [2.45, 2.75) is 58.1 Å². The van der Waals surface area contributed by atoms with Gasteiger partial charge in [-0.1, -0.05) is 32.4 Å². The molecule has 14 heteroatoms. The van der Waals surface area contributed by atoms with Crippen LogP contribution in [-0.4, -0.2) is 49.0 Å². The molecule has 1 aromatic rings. The van der Waals surface area contributed by atoms with Crippen LogP contribution in [0.2, 0.25) is 5.02 Å². The number of ether oxygens (including phenoxy) is 4. The van der Waals surface area contributed by atoms with E-state index in [9.17, 15) is 32.9 Å². The molecule has 0 N–H and O–H groups in total. The van der Waals surface area contributed by atoms with E-state index >= 15 is 0 Å². The smallest absolute Gasteiger partial charge is 0.475 e. The molecule has 0 saturated heterocycles. The van der Waals surface area contributed by atoms with Gasteiger partial charge < -0.3 is 23.8 Å². The fourth-order valence-corrected chi connectivity index (χ4v) is 3.42. The molecule has 1 aliphatic rings. The zero-order chi connectivity index (χ0) is 26.6. The SMILES string of the molecule is CC(OC(=O)OCCCO[N+](=O)[O-])OC(=O)C1=Cc2cc(Cl)c(C(C)(C)C)cc2O[C@@H]1C(F)(F)F. The summed E-state index contributed by atoms with van der Waals surface area (Å²) in [6.45, 7) is 5.93. The summed E-state index contributed by atoms with van der Waals surface area (Å²) in [6.07, 6.45) is -9.58. The van der Waals surface area contributed by atoms with Crippen LogP contribution in [0.25, 0.3) is 6.08 Å². The molecule has 1 heterocycles. The van der Waals surface area contributed by atoms with Crippen LogP contribution >= 0.6 is 11.6 Å². The van der Waals surface area contributed by atoms with Crippen molar-refractivity contribution in [3.05, 3.63) is 44.0 Å². The lowest BCUT2D eigenvalue weighted by Crippen LogP contribution is -2.41. The van der Waals surface area contributed by atoms with Crippen LogP contribution < -0.4 is 4.74 Å². The lowest BCUT2D eigenvalue weighted by Gasteiger charge is -2.30. The first-order valence-electron chi connectivity index (χ1n) is 10.2. The molecule has 35 heavy (non-hydrogen) atoms. The van der Waals surface area contributed by atoms with E-state index in [1.807, 2.05) is 20.8 Å². The quantitative estimate of drug-likeness (QED) is 0.152. The van der Waals surface area contributed by atoms with E-state index in [0.717, 1.165) is 13.0 Å². The second-order valence-corrected chi connectivity index (χ2v) is 8.77. The van der Waals surface area contributed by atoms with Gasteiger partial charge in [-0.05, 0) is 29.2 Å². The summed E-state index contributed by atoms with van der Waals surface area (Å²) >= 11 is 6.28. The minimum absolute atomic E-state index is 0.0272. The number of benzene rings is 1. The molecule has 2 rings (SSSR count). The Morgan fingerprint density at radius 2 is 1.86 bits per heavy atom. The molecule has 2 atom stereocenters. The van der Waals surface area contributed by atoms with E-state index in [1.165, 1.54) is 12.1 Å². The largest absolute Gasteiger partial charge is 0.511 e. The van der Waals surface area contributed by atoms with Crippen molar-refractivity contribution in [3.8, 4) is 5.75 Å². The summed E-state index contributed by atoms with van der Waals surface area (Å²) in [5.41, 5.74) is -0.651. The molecule has 0 bridgehead atoms. The molecule has 0 saturated carbocycles. The van der Waals surface area contributed by atoms with Crippen molar-refractivity contribution < 1.29 is 51.6 Å². The predicted molar refractivity (Wildman–Crippen MR) is 114 cm³/mol. The van der Waals surface area contributed by atoms with Crippen LogP contribution in [0.4, 0.5) is 18.0 Å². The van der Waals surface area contributed by atoms with E-state index in [2.05, 4.69) is 14.3 Å². The van der Waals surface area contributed by atoms with E-state index < -0.39 is 46.8 Å². The maximum absolute atomic E-state index is 13.7. The standard InChI is InChI=1S/C21H23ClF3NO9/c1-11(34-19(28)31-6-5-7-32-26(29)30)33-18(27)13-8-12-9-15(22)14(20(2,3)4)10-16(12)35-17(13)21(23,24)25/h8-11,17H,5-7H2,1-4H3/t11?,17-/m0/s1. The number of rotatable bonds is 8. The normalized spacial score (nSPS) is 16.2. The highest BCUT2D eigenvalue weighted by atomic mass is 35.5. The highest BCUT2D eigenvalue weighted by molar-refractivity contribution is 6.31. The summed E-state index contributed by atoms with van der Waals surface area (Å²) in [6, 6.07) is 2.78. The van der Waals surface area contributed by atoms with E-state index in [-0.39, 0.29) is 36.0 Å². The second kappa shape index (κ2) is 11.0. The molecular weight excluding hydrogens is 503 g/mol. The Morgan fingerprint density at radius 3 is 2.43 bits per heavy atom. The van der Waals surface area contributed by atoms with Gasteiger partial charge in [0, 0.05) is 23.9 Å².